The maximum atomic E-state index is 14.0. The van der Waals surface area contributed by atoms with Crippen LogP contribution in [-0.2, 0) is 115 Å². The maximum absolute atomic E-state index is 14.0. The summed E-state index contributed by atoms with van der Waals surface area (Å²) in [7, 11) is 10.4. The molecule has 0 unspecified atom stereocenters. The molecule has 128 heavy (non-hydrogen) atoms. The van der Waals surface area contributed by atoms with E-state index in [1.54, 1.807) is 53.7 Å². The molecule has 0 spiro atoms. The number of hydrogen-bond acceptors (Lipinski definition) is 34. The molecule has 0 heterocycles. The van der Waals surface area contributed by atoms with Gasteiger partial charge in [0, 0.05) is 66.7 Å². The number of benzene rings is 3. The van der Waals surface area contributed by atoms with Crippen LogP contribution in [0.5, 0.6) is 17.2 Å². The number of alkyl carbamates (subject to hydrolysis) is 1. The second-order valence-corrected chi connectivity index (χ2v) is 36.0. The van der Waals surface area contributed by atoms with Gasteiger partial charge in [-0.25, -0.2) is 14.4 Å². The van der Waals surface area contributed by atoms with Crippen LogP contribution < -0.4 is 22.5 Å². The van der Waals surface area contributed by atoms with Crippen LogP contribution in [0.4, 0.5) is 14.4 Å². The van der Waals surface area contributed by atoms with Crippen LogP contribution in [0.1, 0.15) is 124 Å². The Kier molecular flexibility index (Phi) is 26.4. The Morgan fingerprint density at radius 1 is 0.477 bits per heavy atom. The number of methoxy groups -OCH3 is 1. The normalized spacial score (nSPS) is 25.7. The van der Waals surface area contributed by atoms with Crippen molar-refractivity contribution in [1.29, 1.82) is 0 Å². The molecule has 0 aliphatic heterocycles. The third kappa shape index (κ3) is 16.5. The van der Waals surface area contributed by atoms with Gasteiger partial charge in [0.2, 0.25) is 30.9 Å². The van der Waals surface area contributed by atoms with Crippen LogP contribution in [0, 0.1) is 46.3 Å². The Morgan fingerprint density at radius 2 is 0.797 bits per heavy atom. The number of fused-ring (bicyclic) bond motifs is 9. The molecule has 10 aliphatic rings. The number of aromatic hydroxyl groups is 3. The second kappa shape index (κ2) is 35.3. The summed E-state index contributed by atoms with van der Waals surface area (Å²) in [6, 6.07) is 4.83. The number of hydrogen-bond donors (Lipinski definition) is 16. The van der Waals surface area contributed by atoms with Gasteiger partial charge < -0.3 is 117 Å². The summed E-state index contributed by atoms with van der Waals surface area (Å²) < 4.78 is 25.0. The van der Waals surface area contributed by atoms with Gasteiger partial charge in [0.1, 0.15) is 68.5 Å². The average molecular weight is 1780 g/mol. The molecule has 3 aromatic carbocycles. The zero-order valence-corrected chi connectivity index (χ0v) is 72.5. The Balaban J connectivity index is 0.000000187. The van der Waals surface area contributed by atoms with Crippen LogP contribution in [0.15, 0.2) is 99.8 Å². The van der Waals surface area contributed by atoms with Crippen molar-refractivity contribution in [3.63, 3.8) is 0 Å². The molecule has 10 aliphatic carbocycles. The quantitative estimate of drug-likeness (QED) is 0.0269. The highest BCUT2D eigenvalue weighted by molar-refractivity contribution is 6.27. The highest BCUT2D eigenvalue weighted by Crippen LogP contribution is 2.58. The fraction of sp³-hybridized carbons (Fsp3) is 0.477. The number of Topliss-reactive ketones (excluding diaryl/α,β-unsaturated/α-hetero) is 6. The lowest BCUT2D eigenvalue weighted by molar-refractivity contribution is -0.162. The number of aliphatic hydroxyl groups excluding tert-OH is 6. The van der Waals surface area contributed by atoms with Gasteiger partial charge >= 0.3 is 30.2 Å². The Morgan fingerprint density at radius 3 is 1.10 bits per heavy atom. The number of amides is 6. The number of rotatable bonds is 19. The molecular formula is C88H105N9O31. The van der Waals surface area contributed by atoms with Crippen LogP contribution in [-0.4, -0.2) is 279 Å². The van der Waals surface area contributed by atoms with Gasteiger partial charge in [0.15, 0.2) is 34.2 Å². The Hall–Kier alpha value is -13.0. The van der Waals surface area contributed by atoms with Gasteiger partial charge in [-0.3, -0.25) is 67.4 Å². The monoisotopic (exact) mass is 1780 g/mol. The van der Waals surface area contributed by atoms with E-state index in [-0.39, 0.29) is 121 Å². The number of phenols is 3. The number of phenolic OH excluding ortho intramolecular Hbond substituents is 3. The highest BCUT2D eigenvalue weighted by Gasteiger charge is 2.68. The molecule has 6 amide bonds. The van der Waals surface area contributed by atoms with E-state index in [9.17, 15) is 128 Å². The molecule has 4 fully saturated rings. The van der Waals surface area contributed by atoms with E-state index in [4.69, 9.17) is 40.9 Å². The van der Waals surface area contributed by atoms with E-state index >= 15 is 0 Å². The van der Waals surface area contributed by atoms with Crippen molar-refractivity contribution >= 4 is 99.9 Å². The third-order valence-electron chi connectivity index (χ3n) is 25.2. The fourth-order valence-electron chi connectivity index (χ4n) is 19.0. The van der Waals surface area contributed by atoms with Crippen molar-refractivity contribution in [2.45, 2.75) is 154 Å². The highest BCUT2D eigenvalue weighted by atomic mass is 16.7. The van der Waals surface area contributed by atoms with Crippen molar-refractivity contribution in [3.05, 3.63) is 150 Å². The first-order chi connectivity index (χ1) is 59.6. The Labute approximate surface area is 732 Å². The molecule has 0 bridgehead atoms. The molecule has 4 saturated carbocycles. The first-order valence-electron chi connectivity index (χ1n) is 40.7. The summed E-state index contributed by atoms with van der Waals surface area (Å²) in [6.07, 6.45) is 0.784. The molecule has 0 radical (unpaired) electrons. The summed E-state index contributed by atoms with van der Waals surface area (Å²) in [5, 5.41) is 137. The average Bonchev–Trinajstić information content (AvgIpc) is 1.57. The van der Waals surface area contributed by atoms with E-state index in [1.807, 2.05) is 0 Å². The molecule has 40 heteroatoms. The van der Waals surface area contributed by atoms with E-state index in [1.165, 1.54) is 104 Å². The van der Waals surface area contributed by atoms with Crippen LogP contribution in [0.2, 0.25) is 0 Å². The lowest BCUT2D eigenvalue weighted by Gasteiger charge is -2.50. The number of nitrogens with one attached hydrogen (secondary N) is 1. The van der Waals surface area contributed by atoms with Crippen molar-refractivity contribution < 1.29 is 152 Å². The van der Waals surface area contributed by atoms with Gasteiger partial charge in [0.05, 0.1) is 52.8 Å². The predicted octanol–water partition coefficient (Wildman–Crippen LogP) is 3.07. The van der Waals surface area contributed by atoms with E-state index < -0.39 is 229 Å². The SMILES string of the molecule is C=CCN(Cc1ccc(O)c2c1C[C@H]1C[C@H]3[C@H](N(C)C)C(=O)C(C(N)=O)=C(O)[C@@]3(O)C(=O)C1=C2O)C(=O)OC.CN(C)[C@@H]1C(=O)C(C(N)=O)=C(O)[C@@]2(O)C(=O)C3=C(O)c4c(O)ccc(CN(C(=O)OCOC(=O)C(C)(C)C)C5CC5)c4C[C@H]3C[C@@H]12.CN(C)[C@@H]1C(=O)C(C(N)=O)=C(O)[C@@]2(O)C(=O)C3=C(O)c4c(O)ccc(CNC(=O)OCOC(=O)C(C)(C)C)c4C[C@H]3C[C@@H]12. The third-order valence-corrected chi connectivity index (χ3v) is 25.2. The zero-order valence-electron chi connectivity index (χ0n) is 72.5. The molecule has 13 rings (SSSR count). The summed E-state index contributed by atoms with van der Waals surface area (Å²) >= 11 is 0. The summed E-state index contributed by atoms with van der Waals surface area (Å²) in [5.41, 5.74) is 5.50. The van der Waals surface area contributed by atoms with Crippen molar-refractivity contribution in [2.24, 2.45) is 63.5 Å². The van der Waals surface area contributed by atoms with Gasteiger partial charge in [-0.05, 0) is 205 Å². The molecule has 0 aromatic heterocycles. The molecule has 3 aromatic rings. The second-order valence-electron chi connectivity index (χ2n) is 36.0. The number of likely N-dealkylation sites (N-methyl/N-ethyl adjacent to an activating group) is 3. The minimum atomic E-state index is -2.74. The van der Waals surface area contributed by atoms with Gasteiger partial charge in [-0.1, -0.05) is 24.3 Å². The number of aliphatic hydroxyl groups is 9. The summed E-state index contributed by atoms with van der Waals surface area (Å²) in [5.74, 6) is -23.1. The minimum Gasteiger partial charge on any atom is -0.508 e. The van der Waals surface area contributed by atoms with E-state index in [0.29, 0.717) is 46.2 Å². The van der Waals surface area contributed by atoms with E-state index in [0.717, 1.165) is 0 Å². The topological polar surface area (TPSA) is 634 Å². The van der Waals surface area contributed by atoms with Crippen LogP contribution >= 0.6 is 0 Å². The maximum Gasteiger partial charge on any atom is 0.413 e. The first kappa shape index (κ1) is 95.6. The zero-order chi connectivity index (χ0) is 95.2. The number of carbonyl (C=O) groups excluding carboxylic acids is 14. The number of ether oxygens (including phenoxy) is 5. The molecule has 40 nitrogen and oxygen atoms in total. The minimum absolute atomic E-state index is 0.0142. The Bertz CT molecular complexity index is 5500. The predicted molar refractivity (Wildman–Crippen MR) is 445 cm³/mol. The lowest BCUT2D eigenvalue weighted by atomic mass is 9.57. The van der Waals surface area contributed by atoms with Gasteiger partial charge in [0.25, 0.3) is 17.7 Å². The fourth-order valence-corrected chi connectivity index (χ4v) is 19.0. The smallest absolute Gasteiger partial charge is 0.413 e. The summed E-state index contributed by atoms with van der Waals surface area (Å²) in [6.45, 7) is 12.5. The molecule has 19 N–H and O–H groups in total. The van der Waals surface area contributed by atoms with Crippen LogP contribution in [0.25, 0.3) is 17.3 Å². The standard InChI is InChI=1S/C32H39N3O11.C29H35N3O11.C27H31N3O9/c1-31(2,3)29(42)45-13-46-30(43)35(16-7-8-16)12-14-6-9-19(36)21-17(14)10-15-11-18-23(34(4)5)25(38)22(28(33)41)27(40)32(18,44)26(39)20(15)24(21)37;1-28(2,3)26(39)42-11-43-27(40)31-10-12-6-7-16(33)18-14(12)8-13-9-15-20(32(4)5)22(35)19(25(30)38)24(37)29(15,41)23(36)17(13)21(18)34;1-5-8-30(26(37)39-4)11-12-6-7-16(31)18-14(12)9-13-10-15-20(29(2)3)22(33)19(25(28)36)24(35)27(15,38)23(34)17(13)21(18)32/h6,9,15-16,18,23,36-37,40,44H,7-8,10-13H2,1-5H3,(H2,33,41);6-7,13,15,20,33-34,37,41H,8-11H2,1-5H3,(H2,30,38)(H,31,40);5-7,13,15,20,31-32,35,38H,1,8-11H2,2-4H3,(H2,28,36)/t15-,18-,23-,32-;13-,15-,20-,29-;13-,15-,20-,27-/m000/s1. The molecule has 0 saturated heterocycles. The van der Waals surface area contributed by atoms with Gasteiger partial charge in [-0.15, -0.1) is 6.58 Å². The molecular weight excluding hydrogens is 1680 g/mol. The van der Waals surface area contributed by atoms with Gasteiger partial charge in [-0.2, -0.15) is 0 Å². The number of carbonyl (C=O) groups is 14. The van der Waals surface area contributed by atoms with Crippen LogP contribution in [0.3, 0.4) is 0 Å². The first-order valence-corrected chi connectivity index (χ1v) is 40.7. The van der Waals surface area contributed by atoms with Crippen molar-refractivity contribution in [1.82, 2.24) is 29.8 Å². The summed E-state index contributed by atoms with van der Waals surface area (Å²) in [4.78, 5) is 186. The number of nitrogens with zero attached hydrogens (tertiary/aromatic N) is 5. The molecule has 12 atom stereocenters. The van der Waals surface area contributed by atoms with E-state index in [2.05, 4.69) is 11.9 Å². The largest absolute Gasteiger partial charge is 0.508 e. The van der Waals surface area contributed by atoms with Crippen molar-refractivity contribution in [3.8, 4) is 17.2 Å². The molecule has 688 valence electrons. The number of primary amides is 3. The lowest BCUT2D eigenvalue weighted by Crippen LogP contribution is -2.65. The van der Waals surface area contributed by atoms with Crippen molar-refractivity contribution in [2.75, 3.05) is 69.5 Å². The number of ketones is 6. The number of nitrogens with two attached hydrogens (primary N) is 3. The number of esters is 2.